The molecule has 3 aromatic carbocycles. The van der Waals surface area contributed by atoms with Crippen molar-refractivity contribution in [2.24, 2.45) is 0 Å². The first-order valence-corrected chi connectivity index (χ1v) is 8.88. The van der Waals surface area contributed by atoms with Gasteiger partial charge in [0.1, 0.15) is 0 Å². The Kier molecular flexibility index (Phi) is 4.67. The molecule has 0 heterocycles. The summed E-state index contributed by atoms with van der Waals surface area (Å²) in [5.74, 6) is 0. The van der Waals surface area contributed by atoms with Gasteiger partial charge in [0, 0.05) is 18.4 Å². The van der Waals surface area contributed by atoms with E-state index in [1.54, 1.807) is 0 Å². The summed E-state index contributed by atoms with van der Waals surface area (Å²) in [5.41, 5.74) is 12.0. The zero-order valence-electron chi connectivity index (χ0n) is 16.1. The van der Waals surface area contributed by atoms with Gasteiger partial charge in [-0.15, -0.1) is 0 Å². The van der Waals surface area contributed by atoms with Crippen LogP contribution in [0.3, 0.4) is 0 Å². The molecule has 0 saturated heterocycles. The minimum atomic E-state index is 1.22. The van der Waals surface area contributed by atoms with Crippen molar-refractivity contribution in [2.45, 2.75) is 34.6 Å². The Hall–Kier alpha value is -2.54. The maximum absolute atomic E-state index is 2.32. The van der Waals surface area contributed by atoms with E-state index in [1.165, 1.54) is 50.3 Å². The lowest BCUT2D eigenvalue weighted by atomic mass is 9.92. The van der Waals surface area contributed by atoms with E-state index in [2.05, 4.69) is 101 Å². The molecule has 128 valence electrons. The van der Waals surface area contributed by atoms with Crippen molar-refractivity contribution in [2.75, 3.05) is 11.9 Å². The summed E-state index contributed by atoms with van der Waals surface area (Å²) in [7, 11) is 2.17. The fourth-order valence-corrected chi connectivity index (χ4v) is 3.62. The van der Waals surface area contributed by atoms with Gasteiger partial charge >= 0.3 is 0 Å². The van der Waals surface area contributed by atoms with E-state index in [4.69, 9.17) is 0 Å². The maximum Gasteiger partial charge on any atom is 0.0473 e. The molecular formula is C24H27N. The molecule has 1 heteroatoms. The molecule has 1 nitrogen and oxygen atoms in total. The number of benzene rings is 3. The third-order valence-corrected chi connectivity index (χ3v) is 5.66. The number of hydrogen-bond acceptors (Lipinski definition) is 1. The van der Waals surface area contributed by atoms with E-state index in [0.29, 0.717) is 0 Å². The largest absolute Gasteiger partial charge is 0.344 e. The van der Waals surface area contributed by atoms with Crippen LogP contribution in [0.25, 0.3) is 11.1 Å². The smallest absolute Gasteiger partial charge is 0.0473 e. The highest BCUT2D eigenvalue weighted by atomic mass is 15.1. The first kappa shape index (κ1) is 17.3. The van der Waals surface area contributed by atoms with Gasteiger partial charge in [0.25, 0.3) is 0 Å². The topological polar surface area (TPSA) is 3.24 Å². The average Bonchev–Trinajstić information content (AvgIpc) is 2.65. The van der Waals surface area contributed by atoms with Crippen molar-refractivity contribution >= 4 is 11.4 Å². The summed E-state index contributed by atoms with van der Waals surface area (Å²) in [4.78, 5) is 2.32. The zero-order chi connectivity index (χ0) is 18.1. The molecule has 0 aromatic heterocycles. The molecule has 3 aromatic rings. The van der Waals surface area contributed by atoms with Gasteiger partial charge in [-0.3, -0.25) is 0 Å². The van der Waals surface area contributed by atoms with Crippen LogP contribution in [0.1, 0.15) is 27.8 Å². The van der Waals surface area contributed by atoms with Crippen LogP contribution in [-0.2, 0) is 0 Å². The zero-order valence-corrected chi connectivity index (χ0v) is 16.1. The van der Waals surface area contributed by atoms with Gasteiger partial charge in [0.05, 0.1) is 0 Å². The molecule has 0 spiro atoms. The molecule has 0 saturated carbocycles. The van der Waals surface area contributed by atoms with E-state index in [9.17, 15) is 0 Å². The first-order chi connectivity index (χ1) is 11.9. The maximum atomic E-state index is 2.32. The molecule has 0 amide bonds. The monoisotopic (exact) mass is 329 g/mol. The lowest BCUT2D eigenvalue weighted by Crippen LogP contribution is -2.14. The van der Waals surface area contributed by atoms with E-state index < -0.39 is 0 Å². The molecule has 0 aliphatic rings. The van der Waals surface area contributed by atoms with Crippen LogP contribution < -0.4 is 4.90 Å². The van der Waals surface area contributed by atoms with Crippen molar-refractivity contribution in [1.29, 1.82) is 0 Å². The minimum absolute atomic E-state index is 1.22. The highest BCUT2D eigenvalue weighted by Gasteiger charge is 2.16. The van der Waals surface area contributed by atoms with Gasteiger partial charge in [-0.25, -0.2) is 0 Å². The van der Waals surface area contributed by atoms with Crippen LogP contribution in [-0.4, -0.2) is 7.05 Å². The molecule has 3 rings (SSSR count). The second-order valence-corrected chi connectivity index (χ2v) is 6.95. The second kappa shape index (κ2) is 6.76. The van der Waals surface area contributed by atoms with Gasteiger partial charge in [-0.05, 0) is 85.7 Å². The van der Waals surface area contributed by atoms with Crippen LogP contribution >= 0.6 is 0 Å². The quantitative estimate of drug-likeness (QED) is 0.519. The third kappa shape index (κ3) is 3.07. The molecule has 0 N–H and O–H groups in total. The fourth-order valence-electron chi connectivity index (χ4n) is 3.62. The van der Waals surface area contributed by atoms with Crippen LogP contribution in [0.5, 0.6) is 0 Å². The molecule has 0 fully saturated rings. The molecular weight excluding hydrogens is 302 g/mol. The van der Waals surface area contributed by atoms with Crippen LogP contribution in [0.15, 0.2) is 54.6 Å². The third-order valence-electron chi connectivity index (χ3n) is 5.66. The highest BCUT2D eigenvalue weighted by molar-refractivity contribution is 5.74. The van der Waals surface area contributed by atoms with Crippen molar-refractivity contribution in [3.63, 3.8) is 0 Å². The predicted octanol–water partition coefficient (Wildman–Crippen LogP) is 6.66. The molecule has 0 aliphatic heterocycles. The van der Waals surface area contributed by atoms with Crippen molar-refractivity contribution < 1.29 is 0 Å². The highest BCUT2D eigenvalue weighted by Crippen LogP contribution is 2.36. The Morgan fingerprint density at radius 1 is 0.520 bits per heavy atom. The van der Waals surface area contributed by atoms with Crippen molar-refractivity contribution in [3.05, 3.63) is 82.4 Å². The van der Waals surface area contributed by atoms with E-state index in [0.717, 1.165) is 0 Å². The molecule has 0 aliphatic carbocycles. The predicted molar refractivity (Wildman–Crippen MR) is 110 cm³/mol. The van der Waals surface area contributed by atoms with Gasteiger partial charge in [0.15, 0.2) is 0 Å². The van der Waals surface area contributed by atoms with E-state index in [-0.39, 0.29) is 0 Å². The van der Waals surface area contributed by atoms with Gasteiger partial charge in [-0.1, -0.05) is 42.5 Å². The normalized spacial score (nSPS) is 10.8. The fraction of sp³-hybridized carbons (Fsp3) is 0.250. The van der Waals surface area contributed by atoms with Crippen molar-refractivity contribution in [3.8, 4) is 11.1 Å². The number of nitrogens with zero attached hydrogens (tertiary/aromatic N) is 1. The SMILES string of the molecule is Cc1c(C)c(C)c(N(C)c2ccc(-c3ccccc3)cc2)c(C)c1C. The summed E-state index contributed by atoms with van der Waals surface area (Å²) in [6.45, 7) is 11.2. The Balaban J connectivity index is 2.01. The van der Waals surface area contributed by atoms with Crippen LogP contribution in [0, 0.1) is 34.6 Å². The Morgan fingerprint density at radius 3 is 1.48 bits per heavy atom. The average molecular weight is 329 g/mol. The van der Waals surface area contributed by atoms with Crippen LogP contribution in [0.4, 0.5) is 11.4 Å². The summed E-state index contributed by atoms with van der Waals surface area (Å²) >= 11 is 0. The van der Waals surface area contributed by atoms with Gasteiger partial charge in [0.2, 0.25) is 0 Å². The van der Waals surface area contributed by atoms with Gasteiger partial charge < -0.3 is 4.90 Å². The standard InChI is InChI=1S/C24H27N/c1-16-17(2)19(4)24(20(5)18(16)3)25(6)23-14-12-22(13-15-23)21-10-8-7-9-11-21/h7-15H,1-6H3. The first-order valence-electron chi connectivity index (χ1n) is 8.88. The summed E-state index contributed by atoms with van der Waals surface area (Å²) in [6.07, 6.45) is 0. The molecule has 0 atom stereocenters. The molecule has 0 bridgehead atoms. The number of rotatable bonds is 3. The number of hydrogen-bond donors (Lipinski definition) is 0. The molecule has 25 heavy (non-hydrogen) atoms. The van der Waals surface area contributed by atoms with Gasteiger partial charge in [-0.2, -0.15) is 0 Å². The van der Waals surface area contributed by atoms with Crippen molar-refractivity contribution in [1.82, 2.24) is 0 Å². The molecule has 0 radical (unpaired) electrons. The second-order valence-electron chi connectivity index (χ2n) is 6.95. The molecule has 0 unspecified atom stereocenters. The Bertz CT molecular complexity index is 861. The Morgan fingerprint density at radius 2 is 0.960 bits per heavy atom. The number of anilines is 2. The minimum Gasteiger partial charge on any atom is -0.344 e. The lowest BCUT2D eigenvalue weighted by Gasteiger charge is -2.27. The summed E-state index contributed by atoms with van der Waals surface area (Å²) in [6, 6.07) is 19.4. The summed E-state index contributed by atoms with van der Waals surface area (Å²) < 4.78 is 0. The van der Waals surface area contributed by atoms with E-state index in [1.807, 2.05) is 0 Å². The van der Waals surface area contributed by atoms with Crippen LogP contribution in [0.2, 0.25) is 0 Å². The lowest BCUT2D eigenvalue weighted by molar-refractivity contribution is 1.10. The van der Waals surface area contributed by atoms with E-state index >= 15 is 0 Å². The summed E-state index contributed by atoms with van der Waals surface area (Å²) in [5, 5.41) is 0. The Labute approximate surface area is 151 Å².